The van der Waals surface area contributed by atoms with Gasteiger partial charge in [0.05, 0.1) is 15.6 Å². The van der Waals surface area contributed by atoms with Crippen LogP contribution in [0.5, 0.6) is 0 Å². The quantitative estimate of drug-likeness (QED) is 0.346. The largest absolute Gasteiger partial charge is 0.320 e. The number of nitrogens with one attached hydrogen (secondary N) is 1. The third-order valence-electron chi connectivity index (χ3n) is 3.61. The van der Waals surface area contributed by atoms with Crippen LogP contribution >= 0.6 is 23.1 Å². The number of aromatic nitrogens is 3. The predicted molar refractivity (Wildman–Crippen MR) is 106 cm³/mol. The molecular weight excluding hydrogens is 386 g/mol. The summed E-state index contributed by atoms with van der Waals surface area (Å²) in [5.41, 5.74) is 0.0485. The molecule has 0 aliphatic carbocycles. The summed E-state index contributed by atoms with van der Waals surface area (Å²) in [5.74, 6) is 0.532. The molecule has 140 valence electrons. The number of nitro benzene ring substituents is 1. The predicted octanol–water partition coefficient (Wildman–Crippen LogP) is 4.06. The summed E-state index contributed by atoms with van der Waals surface area (Å²) in [6.45, 7) is 2.81. The number of carbonyl (C=O) groups excluding carboxylic acids is 1. The maximum Gasteiger partial charge on any atom is 0.292 e. The van der Waals surface area contributed by atoms with E-state index in [1.54, 1.807) is 23.5 Å². The Bertz CT molecular complexity index is 940. The number of nitrogens with zero attached hydrogens (tertiary/aromatic N) is 4. The summed E-state index contributed by atoms with van der Waals surface area (Å²) < 4.78 is 1.99. The average Bonchev–Trinajstić information content (AvgIpc) is 3.30. The van der Waals surface area contributed by atoms with Gasteiger partial charge in [-0.2, -0.15) is 0 Å². The van der Waals surface area contributed by atoms with Gasteiger partial charge in [-0.3, -0.25) is 14.9 Å². The second-order valence-corrected chi connectivity index (χ2v) is 7.44. The fraction of sp³-hybridized carbons (Fsp3) is 0.235. The molecule has 0 saturated carbocycles. The lowest BCUT2D eigenvalue weighted by Crippen LogP contribution is -2.15. The number of thiophene rings is 1. The van der Waals surface area contributed by atoms with Gasteiger partial charge in [0, 0.05) is 12.6 Å². The number of thioether (sulfide) groups is 1. The van der Waals surface area contributed by atoms with Crippen molar-refractivity contribution in [3.8, 4) is 10.7 Å². The van der Waals surface area contributed by atoms with Crippen LogP contribution in [0.2, 0.25) is 0 Å². The fourth-order valence-electron chi connectivity index (χ4n) is 2.46. The van der Waals surface area contributed by atoms with Gasteiger partial charge < -0.3 is 9.88 Å². The van der Waals surface area contributed by atoms with E-state index in [9.17, 15) is 14.9 Å². The molecule has 0 bridgehead atoms. The van der Waals surface area contributed by atoms with Crippen LogP contribution in [-0.2, 0) is 11.3 Å². The molecule has 0 spiro atoms. The summed E-state index contributed by atoms with van der Waals surface area (Å²) >= 11 is 2.84. The van der Waals surface area contributed by atoms with Crippen molar-refractivity contribution < 1.29 is 9.72 Å². The average molecular weight is 403 g/mol. The van der Waals surface area contributed by atoms with E-state index in [0.29, 0.717) is 5.16 Å². The Morgan fingerprint density at radius 1 is 1.30 bits per heavy atom. The van der Waals surface area contributed by atoms with Gasteiger partial charge in [-0.15, -0.1) is 21.5 Å². The molecule has 0 saturated heterocycles. The molecule has 2 heterocycles. The summed E-state index contributed by atoms with van der Waals surface area (Å²) in [5, 5.41) is 24.7. The van der Waals surface area contributed by atoms with E-state index in [2.05, 4.69) is 22.4 Å². The van der Waals surface area contributed by atoms with Gasteiger partial charge >= 0.3 is 0 Å². The number of nitro groups is 1. The number of anilines is 1. The van der Waals surface area contributed by atoms with Crippen LogP contribution in [0, 0.1) is 10.1 Å². The molecule has 8 nitrogen and oxygen atoms in total. The van der Waals surface area contributed by atoms with E-state index < -0.39 is 4.92 Å². The summed E-state index contributed by atoms with van der Waals surface area (Å²) in [4.78, 5) is 23.8. The van der Waals surface area contributed by atoms with E-state index in [1.165, 1.54) is 23.9 Å². The van der Waals surface area contributed by atoms with E-state index >= 15 is 0 Å². The van der Waals surface area contributed by atoms with E-state index in [0.717, 1.165) is 23.7 Å². The van der Waals surface area contributed by atoms with Crippen LogP contribution in [-0.4, -0.2) is 31.3 Å². The lowest BCUT2D eigenvalue weighted by Gasteiger charge is -2.08. The van der Waals surface area contributed by atoms with Gasteiger partial charge in [0.25, 0.3) is 5.69 Å². The molecule has 0 atom stereocenters. The lowest BCUT2D eigenvalue weighted by molar-refractivity contribution is -0.383. The van der Waals surface area contributed by atoms with Gasteiger partial charge in [0.1, 0.15) is 5.69 Å². The fourth-order valence-corrected chi connectivity index (χ4v) is 3.95. The third-order valence-corrected chi connectivity index (χ3v) is 5.45. The van der Waals surface area contributed by atoms with Gasteiger partial charge in [-0.1, -0.05) is 36.9 Å². The zero-order valence-corrected chi connectivity index (χ0v) is 16.1. The minimum absolute atomic E-state index is 0.0817. The second-order valence-electron chi connectivity index (χ2n) is 5.55. The Labute approximate surface area is 163 Å². The highest BCUT2D eigenvalue weighted by atomic mass is 32.2. The molecule has 1 N–H and O–H groups in total. The lowest BCUT2D eigenvalue weighted by atomic mass is 10.2. The van der Waals surface area contributed by atoms with E-state index in [-0.39, 0.29) is 23.0 Å². The van der Waals surface area contributed by atoms with Crippen molar-refractivity contribution in [3.05, 3.63) is 51.9 Å². The zero-order chi connectivity index (χ0) is 19.2. The summed E-state index contributed by atoms with van der Waals surface area (Å²) in [6.07, 6.45) is 0.909. The number of hydrogen-bond acceptors (Lipinski definition) is 7. The van der Waals surface area contributed by atoms with Crippen LogP contribution < -0.4 is 5.32 Å². The molecule has 10 heteroatoms. The Hall–Kier alpha value is -2.72. The highest BCUT2D eigenvalue weighted by Crippen LogP contribution is 2.28. The number of para-hydroxylation sites is 2. The van der Waals surface area contributed by atoms with Gasteiger partial charge in [0.15, 0.2) is 11.0 Å². The van der Waals surface area contributed by atoms with Crippen molar-refractivity contribution in [3.63, 3.8) is 0 Å². The number of benzene rings is 1. The zero-order valence-electron chi connectivity index (χ0n) is 14.5. The number of carbonyl (C=O) groups is 1. The van der Waals surface area contributed by atoms with E-state index in [1.807, 2.05) is 22.1 Å². The van der Waals surface area contributed by atoms with Crippen molar-refractivity contribution in [2.75, 3.05) is 11.1 Å². The topological polar surface area (TPSA) is 103 Å². The molecule has 2 aromatic heterocycles. The highest BCUT2D eigenvalue weighted by molar-refractivity contribution is 7.99. The normalized spacial score (nSPS) is 10.7. The van der Waals surface area contributed by atoms with Crippen LogP contribution in [0.4, 0.5) is 11.4 Å². The first-order valence-electron chi connectivity index (χ1n) is 8.23. The molecule has 1 amide bonds. The van der Waals surface area contributed by atoms with Crippen LogP contribution in [0.3, 0.4) is 0 Å². The second kappa shape index (κ2) is 8.78. The highest BCUT2D eigenvalue weighted by Gasteiger charge is 2.18. The number of hydrogen-bond donors (Lipinski definition) is 1. The maximum absolute atomic E-state index is 12.3. The van der Waals surface area contributed by atoms with Crippen molar-refractivity contribution in [2.24, 2.45) is 0 Å². The van der Waals surface area contributed by atoms with E-state index in [4.69, 9.17) is 0 Å². The Morgan fingerprint density at radius 2 is 2.11 bits per heavy atom. The first kappa shape index (κ1) is 19.1. The van der Waals surface area contributed by atoms with Crippen molar-refractivity contribution in [2.45, 2.75) is 25.0 Å². The Kier molecular flexibility index (Phi) is 6.20. The van der Waals surface area contributed by atoms with Gasteiger partial charge in [-0.05, 0) is 23.9 Å². The summed E-state index contributed by atoms with van der Waals surface area (Å²) in [6, 6.07) is 10.0. The molecule has 0 fully saturated rings. The minimum Gasteiger partial charge on any atom is -0.320 e. The molecular formula is C17H17N5O3S2. The van der Waals surface area contributed by atoms with Crippen molar-refractivity contribution >= 4 is 40.4 Å². The number of amides is 1. The first-order valence-corrected chi connectivity index (χ1v) is 10.1. The van der Waals surface area contributed by atoms with Crippen LogP contribution in [0.15, 0.2) is 46.9 Å². The van der Waals surface area contributed by atoms with Crippen LogP contribution in [0.25, 0.3) is 10.7 Å². The first-order chi connectivity index (χ1) is 13.1. The molecule has 0 unspecified atom stereocenters. The monoisotopic (exact) mass is 403 g/mol. The van der Waals surface area contributed by atoms with Crippen molar-refractivity contribution in [1.29, 1.82) is 0 Å². The molecule has 27 heavy (non-hydrogen) atoms. The maximum atomic E-state index is 12.3. The molecule has 3 rings (SSSR count). The van der Waals surface area contributed by atoms with Crippen molar-refractivity contribution in [1.82, 2.24) is 14.8 Å². The standard InChI is InChI=1S/C17H17N5O3S2/c1-2-9-21-16(14-8-5-10-26-14)19-20-17(21)27-11-15(23)18-12-6-3-4-7-13(12)22(24)25/h3-8,10H,2,9,11H2,1H3,(H,18,23). The molecule has 3 aromatic rings. The van der Waals surface area contributed by atoms with Gasteiger partial charge in [-0.25, -0.2) is 0 Å². The number of rotatable bonds is 8. The van der Waals surface area contributed by atoms with Crippen LogP contribution in [0.1, 0.15) is 13.3 Å². The third kappa shape index (κ3) is 4.52. The smallest absolute Gasteiger partial charge is 0.292 e. The molecule has 1 aromatic carbocycles. The molecule has 0 aliphatic heterocycles. The molecule has 0 radical (unpaired) electrons. The minimum atomic E-state index is -0.520. The SMILES string of the molecule is CCCn1c(SCC(=O)Nc2ccccc2[N+](=O)[O-])nnc1-c1cccs1. The Balaban J connectivity index is 1.70. The summed E-state index contributed by atoms with van der Waals surface area (Å²) in [7, 11) is 0. The molecule has 0 aliphatic rings. The van der Waals surface area contributed by atoms with Gasteiger partial charge in [0.2, 0.25) is 5.91 Å². The Morgan fingerprint density at radius 3 is 2.81 bits per heavy atom.